The molecule has 1 aromatic heterocycles. The van der Waals surface area contributed by atoms with Crippen molar-refractivity contribution in [2.45, 2.75) is 26.8 Å². The molecule has 5 nitrogen and oxygen atoms in total. The van der Waals surface area contributed by atoms with Gasteiger partial charge in [0.15, 0.2) is 0 Å². The first-order valence-electron chi connectivity index (χ1n) is 5.30. The number of hydrogen-bond acceptors (Lipinski definition) is 5. The molecule has 0 unspecified atom stereocenters. The average molecular weight is 212 g/mol. The smallest absolute Gasteiger partial charge is 0.265 e. The molecule has 0 saturated heterocycles. The first-order chi connectivity index (χ1) is 7.09. The fourth-order valence-corrected chi connectivity index (χ4v) is 1.09. The zero-order valence-corrected chi connectivity index (χ0v) is 9.95. The third-order valence-electron chi connectivity index (χ3n) is 2.03. The van der Waals surface area contributed by atoms with Crippen molar-refractivity contribution in [2.24, 2.45) is 5.92 Å². The van der Waals surface area contributed by atoms with E-state index in [4.69, 9.17) is 4.52 Å². The van der Waals surface area contributed by atoms with Crippen molar-refractivity contribution >= 4 is 5.95 Å². The van der Waals surface area contributed by atoms with Crippen molar-refractivity contribution in [3.8, 4) is 0 Å². The van der Waals surface area contributed by atoms with E-state index >= 15 is 0 Å². The highest BCUT2D eigenvalue weighted by Crippen LogP contribution is 2.04. The first-order valence-corrected chi connectivity index (χ1v) is 5.30. The highest BCUT2D eigenvalue weighted by atomic mass is 16.5. The van der Waals surface area contributed by atoms with E-state index in [1.807, 2.05) is 19.0 Å². The van der Waals surface area contributed by atoms with Gasteiger partial charge in [0.1, 0.15) is 0 Å². The lowest BCUT2D eigenvalue weighted by Gasteiger charge is -2.04. The highest BCUT2D eigenvalue weighted by Gasteiger charge is 2.06. The predicted molar refractivity (Wildman–Crippen MR) is 59.8 cm³/mol. The SMILES string of the molecule is CC(C)CCNCc1nc(N(C)C)no1. The molecule has 0 saturated carbocycles. The van der Waals surface area contributed by atoms with E-state index in [1.54, 1.807) is 0 Å². The Bertz CT molecular complexity index is 283. The predicted octanol–water partition coefficient (Wildman–Crippen LogP) is 1.27. The molecule has 1 heterocycles. The molecular weight excluding hydrogens is 192 g/mol. The van der Waals surface area contributed by atoms with Gasteiger partial charge in [-0.1, -0.05) is 13.8 Å². The molecule has 0 amide bonds. The van der Waals surface area contributed by atoms with E-state index in [1.165, 1.54) is 0 Å². The summed E-state index contributed by atoms with van der Waals surface area (Å²) in [6.45, 7) is 6.04. The van der Waals surface area contributed by atoms with Crippen LogP contribution in [0.5, 0.6) is 0 Å². The molecule has 0 bridgehead atoms. The largest absolute Gasteiger partial charge is 0.344 e. The van der Waals surface area contributed by atoms with E-state index in [-0.39, 0.29) is 0 Å². The Morgan fingerprint density at radius 1 is 1.40 bits per heavy atom. The lowest BCUT2D eigenvalue weighted by Crippen LogP contribution is -2.16. The fraction of sp³-hybridized carbons (Fsp3) is 0.800. The van der Waals surface area contributed by atoms with Crippen molar-refractivity contribution in [3.63, 3.8) is 0 Å². The number of nitrogens with zero attached hydrogens (tertiary/aromatic N) is 3. The van der Waals surface area contributed by atoms with Crippen LogP contribution in [-0.2, 0) is 6.54 Å². The van der Waals surface area contributed by atoms with E-state index in [0.717, 1.165) is 18.9 Å². The quantitative estimate of drug-likeness (QED) is 0.720. The molecule has 5 heteroatoms. The van der Waals surface area contributed by atoms with Crippen LogP contribution in [0.3, 0.4) is 0 Å². The molecule has 0 radical (unpaired) electrons. The summed E-state index contributed by atoms with van der Waals surface area (Å²) < 4.78 is 5.07. The van der Waals surface area contributed by atoms with Gasteiger partial charge in [0.2, 0.25) is 5.89 Å². The van der Waals surface area contributed by atoms with Crippen molar-refractivity contribution in [3.05, 3.63) is 5.89 Å². The third-order valence-corrected chi connectivity index (χ3v) is 2.03. The third kappa shape index (κ3) is 4.29. The van der Waals surface area contributed by atoms with Gasteiger partial charge in [-0.25, -0.2) is 0 Å². The minimum atomic E-state index is 0.621. The number of rotatable bonds is 6. The zero-order chi connectivity index (χ0) is 11.3. The highest BCUT2D eigenvalue weighted by molar-refractivity contribution is 5.23. The minimum absolute atomic E-state index is 0.621. The Labute approximate surface area is 90.8 Å². The van der Waals surface area contributed by atoms with Crippen molar-refractivity contribution in [1.82, 2.24) is 15.5 Å². The molecule has 1 aromatic rings. The molecular formula is C10H20N4O. The van der Waals surface area contributed by atoms with Crippen LogP contribution < -0.4 is 10.2 Å². The molecule has 0 aliphatic rings. The number of hydrogen-bond donors (Lipinski definition) is 1. The molecule has 0 atom stereocenters. The second-order valence-electron chi connectivity index (χ2n) is 4.24. The number of anilines is 1. The molecule has 86 valence electrons. The summed E-state index contributed by atoms with van der Waals surface area (Å²) in [4.78, 5) is 6.03. The van der Waals surface area contributed by atoms with Crippen molar-refractivity contribution < 1.29 is 4.52 Å². The summed E-state index contributed by atoms with van der Waals surface area (Å²) in [7, 11) is 3.78. The van der Waals surface area contributed by atoms with Crippen LogP contribution in [0.25, 0.3) is 0 Å². The molecule has 1 rings (SSSR count). The van der Waals surface area contributed by atoms with E-state index in [2.05, 4.69) is 29.3 Å². The molecule has 0 spiro atoms. The molecule has 0 aromatic carbocycles. The molecule has 0 fully saturated rings. The van der Waals surface area contributed by atoms with Gasteiger partial charge in [-0.15, -0.1) is 0 Å². The van der Waals surface area contributed by atoms with Crippen LogP contribution in [-0.4, -0.2) is 30.8 Å². The number of nitrogens with one attached hydrogen (secondary N) is 1. The van der Waals surface area contributed by atoms with Gasteiger partial charge in [-0.2, -0.15) is 4.98 Å². The van der Waals surface area contributed by atoms with Gasteiger partial charge in [0.05, 0.1) is 6.54 Å². The average Bonchev–Trinajstić information content (AvgIpc) is 2.60. The Kier molecular flexibility index (Phi) is 4.55. The second kappa shape index (κ2) is 5.70. The zero-order valence-electron chi connectivity index (χ0n) is 9.95. The topological polar surface area (TPSA) is 54.2 Å². The molecule has 1 N–H and O–H groups in total. The summed E-state index contributed by atoms with van der Waals surface area (Å²) >= 11 is 0. The van der Waals surface area contributed by atoms with E-state index in [9.17, 15) is 0 Å². The lowest BCUT2D eigenvalue weighted by molar-refractivity contribution is 0.365. The summed E-state index contributed by atoms with van der Waals surface area (Å²) in [5, 5.41) is 7.10. The van der Waals surface area contributed by atoms with Crippen molar-refractivity contribution in [1.29, 1.82) is 0 Å². The normalized spacial score (nSPS) is 11.0. The standard InChI is InChI=1S/C10H20N4O/c1-8(2)5-6-11-7-9-12-10(13-15-9)14(3)4/h8,11H,5-7H2,1-4H3. The Balaban J connectivity index is 2.26. The lowest BCUT2D eigenvalue weighted by atomic mass is 10.1. The Hall–Kier alpha value is -1.10. The second-order valence-corrected chi connectivity index (χ2v) is 4.24. The Morgan fingerprint density at radius 2 is 2.13 bits per heavy atom. The van der Waals surface area contributed by atoms with E-state index in [0.29, 0.717) is 18.4 Å². The molecule has 0 aliphatic carbocycles. The maximum Gasteiger partial charge on any atom is 0.265 e. The van der Waals surface area contributed by atoms with Gasteiger partial charge < -0.3 is 14.7 Å². The van der Waals surface area contributed by atoms with Gasteiger partial charge in [-0.3, -0.25) is 0 Å². The van der Waals surface area contributed by atoms with Crippen LogP contribution in [0.1, 0.15) is 26.2 Å². The van der Waals surface area contributed by atoms with Gasteiger partial charge in [0.25, 0.3) is 5.95 Å². The van der Waals surface area contributed by atoms with Crippen LogP contribution in [0.2, 0.25) is 0 Å². The number of aromatic nitrogens is 2. The van der Waals surface area contributed by atoms with Crippen LogP contribution in [0, 0.1) is 5.92 Å². The monoisotopic (exact) mass is 212 g/mol. The van der Waals surface area contributed by atoms with Gasteiger partial charge in [-0.05, 0) is 24.0 Å². The van der Waals surface area contributed by atoms with Crippen LogP contribution >= 0.6 is 0 Å². The summed E-state index contributed by atoms with van der Waals surface area (Å²) in [5.74, 6) is 1.98. The molecule has 0 aliphatic heterocycles. The Morgan fingerprint density at radius 3 is 2.67 bits per heavy atom. The maximum atomic E-state index is 5.07. The summed E-state index contributed by atoms with van der Waals surface area (Å²) in [6.07, 6.45) is 1.16. The minimum Gasteiger partial charge on any atom is -0.344 e. The van der Waals surface area contributed by atoms with Crippen LogP contribution in [0.15, 0.2) is 4.52 Å². The molecule has 15 heavy (non-hydrogen) atoms. The maximum absolute atomic E-state index is 5.07. The fourth-order valence-electron chi connectivity index (χ4n) is 1.09. The van der Waals surface area contributed by atoms with Crippen LogP contribution in [0.4, 0.5) is 5.95 Å². The summed E-state index contributed by atoms with van der Waals surface area (Å²) in [6, 6.07) is 0. The van der Waals surface area contributed by atoms with Gasteiger partial charge >= 0.3 is 0 Å². The first kappa shape index (κ1) is 12.0. The summed E-state index contributed by atoms with van der Waals surface area (Å²) in [5.41, 5.74) is 0. The van der Waals surface area contributed by atoms with E-state index < -0.39 is 0 Å². The van der Waals surface area contributed by atoms with Crippen molar-refractivity contribution in [2.75, 3.05) is 25.5 Å². The van der Waals surface area contributed by atoms with Gasteiger partial charge in [0, 0.05) is 14.1 Å².